The van der Waals surface area contributed by atoms with Crippen molar-refractivity contribution in [3.8, 4) is 0 Å². The zero-order chi connectivity index (χ0) is 13.6. The van der Waals surface area contributed by atoms with E-state index in [1.54, 1.807) is 6.07 Å². The Morgan fingerprint density at radius 1 is 1.17 bits per heavy atom. The lowest BCUT2D eigenvalue weighted by atomic mass is 9.78. The van der Waals surface area contributed by atoms with E-state index in [9.17, 15) is 5.11 Å². The predicted molar refractivity (Wildman–Crippen MR) is 73.1 cm³/mol. The van der Waals surface area contributed by atoms with Crippen LogP contribution < -0.4 is 5.46 Å². The maximum Gasteiger partial charge on any atom is 0.494 e. The minimum atomic E-state index is -0.419. The molecule has 0 radical (unpaired) electrons. The van der Waals surface area contributed by atoms with Crippen LogP contribution in [0.1, 0.15) is 33.3 Å². The van der Waals surface area contributed by atoms with Gasteiger partial charge in [0.25, 0.3) is 0 Å². The molecule has 1 aliphatic rings. The fourth-order valence-corrected chi connectivity index (χ4v) is 2.02. The second kappa shape index (κ2) is 4.53. The smallest absolute Gasteiger partial charge is 0.399 e. The Kier molecular flexibility index (Phi) is 3.49. The third kappa shape index (κ3) is 2.30. The monoisotopic (exact) mass is 268 g/mol. The second-order valence-corrected chi connectivity index (χ2v) is 6.00. The summed E-state index contributed by atoms with van der Waals surface area (Å²) in [5, 5.41) is 9.78. The average Bonchev–Trinajstić information content (AvgIpc) is 2.49. The van der Waals surface area contributed by atoms with E-state index >= 15 is 0 Å². The van der Waals surface area contributed by atoms with Gasteiger partial charge < -0.3 is 14.4 Å². The second-order valence-electron chi connectivity index (χ2n) is 5.60. The van der Waals surface area contributed by atoms with Crippen molar-refractivity contribution in [1.82, 2.24) is 0 Å². The minimum Gasteiger partial charge on any atom is -0.399 e. The van der Waals surface area contributed by atoms with E-state index in [2.05, 4.69) is 0 Å². The Morgan fingerprint density at radius 3 is 2.22 bits per heavy atom. The molecule has 1 heterocycles. The number of benzene rings is 1. The summed E-state index contributed by atoms with van der Waals surface area (Å²) in [7, 11) is -0.419. The minimum absolute atomic E-state index is 0.0911. The summed E-state index contributed by atoms with van der Waals surface area (Å²) in [6, 6.07) is 5.45. The van der Waals surface area contributed by atoms with E-state index in [0.717, 1.165) is 5.46 Å². The topological polar surface area (TPSA) is 38.7 Å². The molecule has 1 aromatic rings. The molecule has 5 heteroatoms. The van der Waals surface area contributed by atoms with Crippen LogP contribution in [-0.4, -0.2) is 23.4 Å². The quantitative estimate of drug-likeness (QED) is 0.835. The molecule has 98 valence electrons. The highest BCUT2D eigenvalue weighted by Crippen LogP contribution is 2.36. The van der Waals surface area contributed by atoms with Crippen LogP contribution in [0.25, 0.3) is 0 Å². The van der Waals surface area contributed by atoms with Crippen molar-refractivity contribution >= 4 is 24.2 Å². The first-order chi connectivity index (χ1) is 8.27. The van der Waals surface area contributed by atoms with Gasteiger partial charge in [0.05, 0.1) is 17.8 Å². The van der Waals surface area contributed by atoms with Gasteiger partial charge in [0.2, 0.25) is 0 Å². The lowest BCUT2D eigenvalue weighted by molar-refractivity contribution is 0.00578. The van der Waals surface area contributed by atoms with Gasteiger partial charge in [-0.05, 0) is 44.8 Å². The lowest BCUT2D eigenvalue weighted by Gasteiger charge is -2.32. The summed E-state index contributed by atoms with van der Waals surface area (Å²) in [5.74, 6) is 0. The Labute approximate surface area is 113 Å². The van der Waals surface area contributed by atoms with Crippen LogP contribution >= 0.6 is 11.6 Å². The summed E-state index contributed by atoms with van der Waals surface area (Å²) >= 11 is 5.97. The van der Waals surface area contributed by atoms with Gasteiger partial charge in [0.1, 0.15) is 0 Å². The van der Waals surface area contributed by atoms with Gasteiger partial charge in [0, 0.05) is 5.02 Å². The molecule has 1 saturated heterocycles. The lowest BCUT2D eigenvalue weighted by Crippen LogP contribution is -2.41. The third-order valence-electron chi connectivity index (χ3n) is 3.77. The number of aliphatic hydroxyl groups excluding tert-OH is 1. The van der Waals surface area contributed by atoms with E-state index in [0.29, 0.717) is 10.6 Å². The number of hydrogen-bond donors (Lipinski definition) is 1. The van der Waals surface area contributed by atoms with Gasteiger partial charge >= 0.3 is 7.12 Å². The van der Waals surface area contributed by atoms with Crippen molar-refractivity contribution in [3.63, 3.8) is 0 Å². The van der Waals surface area contributed by atoms with E-state index < -0.39 is 7.12 Å². The van der Waals surface area contributed by atoms with Gasteiger partial charge in [-0.25, -0.2) is 0 Å². The Balaban J connectivity index is 2.30. The molecule has 18 heavy (non-hydrogen) atoms. The predicted octanol–water partition coefficient (Wildman–Crippen LogP) is 2.13. The SMILES string of the molecule is CC1(C)OB(c2ccc(Cl)c(CO)c2)OC1(C)C. The van der Waals surface area contributed by atoms with E-state index in [1.165, 1.54) is 0 Å². The molecular formula is C13H18BClO3. The molecule has 1 aliphatic heterocycles. The van der Waals surface area contributed by atoms with E-state index in [1.807, 2.05) is 39.8 Å². The van der Waals surface area contributed by atoms with Crippen molar-refractivity contribution in [3.05, 3.63) is 28.8 Å². The fourth-order valence-electron chi connectivity index (χ4n) is 1.84. The van der Waals surface area contributed by atoms with Gasteiger partial charge in [0.15, 0.2) is 0 Å². The zero-order valence-corrected chi connectivity index (χ0v) is 11.9. The molecule has 0 spiro atoms. The third-order valence-corrected chi connectivity index (χ3v) is 4.13. The molecule has 1 fully saturated rings. The van der Waals surface area contributed by atoms with Crippen molar-refractivity contribution in [2.24, 2.45) is 0 Å². The standard InChI is InChI=1S/C13H18BClO3/c1-12(2)13(3,4)18-14(17-12)10-5-6-11(15)9(7-10)8-16/h5-7,16H,8H2,1-4H3. The summed E-state index contributed by atoms with van der Waals surface area (Å²) in [5.41, 5.74) is 0.832. The van der Waals surface area contributed by atoms with Crippen LogP contribution in [0.3, 0.4) is 0 Å². The molecular weight excluding hydrogens is 250 g/mol. The molecule has 0 saturated carbocycles. The maximum absolute atomic E-state index is 9.22. The first-order valence-corrected chi connectivity index (χ1v) is 6.39. The zero-order valence-electron chi connectivity index (χ0n) is 11.2. The first kappa shape index (κ1) is 13.9. The molecule has 1 N–H and O–H groups in total. The molecule has 1 aromatic carbocycles. The molecule has 0 amide bonds. The molecule has 0 aromatic heterocycles. The van der Waals surface area contributed by atoms with E-state index in [4.69, 9.17) is 20.9 Å². The normalized spacial score (nSPS) is 21.3. The summed E-state index contributed by atoms with van der Waals surface area (Å²) in [4.78, 5) is 0. The first-order valence-electron chi connectivity index (χ1n) is 6.02. The molecule has 0 bridgehead atoms. The maximum atomic E-state index is 9.22. The summed E-state index contributed by atoms with van der Waals surface area (Å²) in [6.45, 7) is 7.95. The van der Waals surface area contributed by atoms with Gasteiger partial charge in [-0.1, -0.05) is 23.7 Å². The number of aliphatic hydroxyl groups is 1. The van der Waals surface area contributed by atoms with Gasteiger partial charge in [-0.2, -0.15) is 0 Å². The largest absolute Gasteiger partial charge is 0.494 e. The van der Waals surface area contributed by atoms with Crippen molar-refractivity contribution < 1.29 is 14.4 Å². The average molecular weight is 269 g/mol. The molecule has 0 unspecified atom stereocenters. The Morgan fingerprint density at radius 2 is 1.72 bits per heavy atom. The highest BCUT2D eigenvalue weighted by Gasteiger charge is 2.51. The Bertz CT molecular complexity index is 444. The van der Waals surface area contributed by atoms with Gasteiger partial charge in [-0.15, -0.1) is 0 Å². The highest BCUT2D eigenvalue weighted by atomic mass is 35.5. The van der Waals surface area contributed by atoms with Crippen LogP contribution in [0.15, 0.2) is 18.2 Å². The number of rotatable bonds is 2. The van der Waals surface area contributed by atoms with Crippen LogP contribution in [0.5, 0.6) is 0 Å². The van der Waals surface area contributed by atoms with Crippen molar-refractivity contribution in [2.75, 3.05) is 0 Å². The van der Waals surface area contributed by atoms with Crippen LogP contribution in [0, 0.1) is 0 Å². The molecule has 3 nitrogen and oxygen atoms in total. The van der Waals surface area contributed by atoms with E-state index in [-0.39, 0.29) is 17.8 Å². The summed E-state index contributed by atoms with van der Waals surface area (Å²) in [6.07, 6.45) is 0. The van der Waals surface area contributed by atoms with Crippen molar-refractivity contribution in [2.45, 2.75) is 45.5 Å². The summed E-state index contributed by atoms with van der Waals surface area (Å²) < 4.78 is 11.9. The van der Waals surface area contributed by atoms with Gasteiger partial charge in [-0.3, -0.25) is 0 Å². The van der Waals surface area contributed by atoms with Crippen LogP contribution in [-0.2, 0) is 15.9 Å². The Hall–Kier alpha value is -0.545. The fraction of sp³-hybridized carbons (Fsp3) is 0.538. The van der Waals surface area contributed by atoms with Crippen LogP contribution in [0.2, 0.25) is 5.02 Å². The molecule has 0 atom stereocenters. The number of halogens is 1. The molecule has 2 rings (SSSR count). The molecule has 0 aliphatic carbocycles. The highest BCUT2D eigenvalue weighted by molar-refractivity contribution is 6.62. The number of hydrogen-bond acceptors (Lipinski definition) is 3. The van der Waals surface area contributed by atoms with Crippen molar-refractivity contribution in [1.29, 1.82) is 0 Å². The van der Waals surface area contributed by atoms with Crippen LogP contribution in [0.4, 0.5) is 0 Å².